The van der Waals surface area contributed by atoms with E-state index in [1.165, 1.54) is 5.56 Å². The molecule has 0 aliphatic carbocycles. The quantitative estimate of drug-likeness (QED) is 0.801. The van der Waals surface area contributed by atoms with Crippen molar-refractivity contribution in [3.63, 3.8) is 0 Å². The zero-order valence-electron chi connectivity index (χ0n) is 15.5. The largest absolute Gasteiger partial charge is 0.369 e. The number of guanidine groups is 2. The monoisotopic (exact) mass is 418 g/mol. The summed E-state index contributed by atoms with van der Waals surface area (Å²) in [6, 6.07) is 18.0. The second-order valence-electron chi connectivity index (χ2n) is 7.03. The number of aliphatic imine (C=N–C) groups is 2. The summed E-state index contributed by atoms with van der Waals surface area (Å²) in [6.07, 6.45) is 1.86. The average molecular weight is 419 g/mol. The minimum absolute atomic E-state index is 0. The van der Waals surface area contributed by atoms with Crippen LogP contribution < -0.4 is 16.4 Å². The van der Waals surface area contributed by atoms with Gasteiger partial charge in [-0.1, -0.05) is 41.9 Å². The molecule has 1 atom stereocenters. The fraction of sp³-hybridized carbons (Fsp3) is 0.300. The van der Waals surface area contributed by atoms with E-state index in [9.17, 15) is 0 Å². The van der Waals surface area contributed by atoms with Crippen LogP contribution >= 0.6 is 24.0 Å². The summed E-state index contributed by atoms with van der Waals surface area (Å²) in [6.45, 7) is 2.60. The molecule has 148 valence electrons. The zero-order chi connectivity index (χ0) is 18.9. The first-order valence-corrected chi connectivity index (χ1v) is 9.45. The molecule has 4 rings (SSSR count). The molecular weight excluding hydrogens is 395 g/mol. The van der Waals surface area contributed by atoms with Gasteiger partial charge in [0.1, 0.15) is 0 Å². The lowest BCUT2D eigenvalue weighted by Gasteiger charge is -2.48. The standard InChI is InChI=1S/C20H23ClN6.ClH/c21-16-7-9-17(10-8-16)27-19(23)24-18(22)25-20(27)11-4-12-26(14-20)13-15-5-2-1-3-6-15;/h1-3,5-10H,4,11-14H2,(H4,22,23,24,25);1H. The summed E-state index contributed by atoms with van der Waals surface area (Å²) in [5, 5.41) is 0.678. The Labute approximate surface area is 176 Å². The van der Waals surface area contributed by atoms with E-state index in [-0.39, 0.29) is 18.4 Å². The predicted molar refractivity (Wildman–Crippen MR) is 118 cm³/mol. The Bertz CT molecular complexity index is 868. The van der Waals surface area contributed by atoms with E-state index in [0.717, 1.165) is 38.2 Å². The maximum atomic E-state index is 6.31. The summed E-state index contributed by atoms with van der Waals surface area (Å²) in [5.74, 6) is 0.602. The van der Waals surface area contributed by atoms with E-state index < -0.39 is 5.66 Å². The Balaban J connectivity index is 0.00000225. The third-order valence-electron chi connectivity index (χ3n) is 5.06. The Hall–Kier alpha value is -2.28. The number of anilines is 1. The van der Waals surface area contributed by atoms with Gasteiger partial charge in [0.25, 0.3) is 0 Å². The highest BCUT2D eigenvalue weighted by Gasteiger charge is 2.44. The van der Waals surface area contributed by atoms with Crippen molar-refractivity contribution in [2.45, 2.75) is 25.0 Å². The molecule has 4 N–H and O–H groups in total. The fourth-order valence-corrected chi connectivity index (χ4v) is 4.11. The van der Waals surface area contributed by atoms with Gasteiger partial charge in [-0.15, -0.1) is 12.4 Å². The van der Waals surface area contributed by atoms with Gasteiger partial charge in [-0.05, 0) is 49.2 Å². The Kier molecular flexibility index (Phi) is 6.13. The van der Waals surface area contributed by atoms with Crippen molar-refractivity contribution in [3.05, 3.63) is 65.2 Å². The third-order valence-corrected chi connectivity index (χ3v) is 5.31. The Morgan fingerprint density at radius 3 is 2.46 bits per heavy atom. The molecule has 2 aromatic carbocycles. The van der Waals surface area contributed by atoms with Crippen LogP contribution in [0.2, 0.25) is 5.02 Å². The van der Waals surface area contributed by atoms with Crippen molar-refractivity contribution in [1.29, 1.82) is 0 Å². The van der Waals surface area contributed by atoms with Crippen LogP contribution in [0, 0.1) is 0 Å². The van der Waals surface area contributed by atoms with Crippen molar-refractivity contribution < 1.29 is 0 Å². The van der Waals surface area contributed by atoms with Crippen molar-refractivity contribution in [2.24, 2.45) is 21.5 Å². The number of likely N-dealkylation sites (tertiary alicyclic amines) is 1. The van der Waals surface area contributed by atoms with Gasteiger partial charge < -0.3 is 11.5 Å². The molecule has 1 saturated heterocycles. The van der Waals surface area contributed by atoms with Gasteiger partial charge in [0, 0.05) is 23.8 Å². The van der Waals surface area contributed by atoms with E-state index in [1.54, 1.807) is 0 Å². The van der Waals surface area contributed by atoms with Gasteiger partial charge >= 0.3 is 0 Å². The molecule has 1 unspecified atom stereocenters. The van der Waals surface area contributed by atoms with Gasteiger partial charge in [0.2, 0.25) is 11.9 Å². The Morgan fingerprint density at radius 2 is 1.75 bits per heavy atom. The number of nitrogens with zero attached hydrogens (tertiary/aromatic N) is 4. The highest BCUT2D eigenvalue weighted by atomic mass is 35.5. The number of benzene rings is 2. The van der Waals surface area contributed by atoms with Gasteiger partial charge in [-0.2, -0.15) is 4.99 Å². The fourth-order valence-electron chi connectivity index (χ4n) is 3.98. The second-order valence-corrected chi connectivity index (χ2v) is 7.47. The minimum atomic E-state index is -0.559. The van der Waals surface area contributed by atoms with Gasteiger partial charge in [-0.3, -0.25) is 9.80 Å². The summed E-state index contributed by atoms with van der Waals surface area (Å²) >= 11 is 6.07. The van der Waals surface area contributed by atoms with Crippen molar-refractivity contribution in [2.75, 3.05) is 18.0 Å². The molecule has 8 heteroatoms. The van der Waals surface area contributed by atoms with Crippen LogP contribution in [0.3, 0.4) is 0 Å². The Morgan fingerprint density at radius 1 is 1.04 bits per heavy atom. The minimum Gasteiger partial charge on any atom is -0.369 e. The smallest absolute Gasteiger partial charge is 0.220 e. The molecule has 0 amide bonds. The normalized spacial score (nSPS) is 22.4. The molecule has 2 aromatic rings. The van der Waals surface area contributed by atoms with Gasteiger partial charge in [-0.25, -0.2) is 4.99 Å². The number of hydrogen-bond donors (Lipinski definition) is 2. The first kappa shape index (κ1) is 20.5. The molecule has 2 heterocycles. The highest BCUT2D eigenvalue weighted by molar-refractivity contribution is 6.30. The van der Waals surface area contributed by atoms with E-state index in [4.69, 9.17) is 28.1 Å². The maximum Gasteiger partial charge on any atom is 0.220 e. The summed E-state index contributed by atoms with van der Waals surface area (Å²) < 4.78 is 0. The summed E-state index contributed by atoms with van der Waals surface area (Å²) in [5.41, 5.74) is 14.0. The van der Waals surface area contributed by atoms with E-state index in [0.29, 0.717) is 11.0 Å². The zero-order valence-corrected chi connectivity index (χ0v) is 17.0. The number of piperidine rings is 1. The summed E-state index contributed by atoms with van der Waals surface area (Å²) in [7, 11) is 0. The molecule has 28 heavy (non-hydrogen) atoms. The topological polar surface area (TPSA) is 83.2 Å². The van der Waals surface area contributed by atoms with Crippen molar-refractivity contribution in [1.82, 2.24) is 4.90 Å². The molecular formula is C20H24Cl2N6. The lowest BCUT2D eigenvalue weighted by Crippen LogP contribution is -2.63. The average Bonchev–Trinajstić information content (AvgIpc) is 2.63. The van der Waals surface area contributed by atoms with E-state index in [1.807, 2.05) is 35.2 Å². The van der Waals surface area contributed by atoms with Crippen molar-refractivity contribution >= 4 is 41.6 Å². The third kappa shape index (κ3) is 4.09. The number of rotatable bonds is 3. The van der Waals surface area contributed by atoms with Crippen LogP contribution in [0.4, 0.5) is 5.69 Å². The molecule has 1 spiro atoms. The van der Waals surface area contributed by atoms with Crippen LogP contribution in [0.1, 0.15) is 18.4 Å². The molecule has 0 aromatic heterocycles. The molecule has 0 bridgehead atoms. The molecule has 6 nitrogen and oxygen atoms in total. The van der Waals surface area contributed by atoms with Gasteiger partial charge in [0.15, 0.2) is 5.66 Å². The SMILES string of the molecule is Cl.NC1=NC2(CCCN(Cc3ccccc3)C2)N(c2ccc(Cl)cc2)C(N)=N1. The van der Waals surface area contributed by atoms with E-state index in [2.05, 4.69) is 34.2 Å². The predicted octanol–water partition coefficient (Wildman–Crippen LogP) is 3.20. The second kappa shape index (κ2) is 8.39. The molecule has 0 saturated carbocycles. The maximum absolute atomic E-state index is 6.31. The van der Waals surface area contributed by atoms with Crippen LogP contribution in [-0.2, 0) is 6.54 Å². The number of halogens is 2. The first-order chi connectivity index (χ1) is 13.1. The molecule has 0 radical (unpaired) electrons. The van der Waals surface area contributed by atoms with Crippen molar-refractivity contribution in [3.8, 4) is 0 Å². The molecule has 2 aliphatic rings. The van der Waals surface area contributed by atoms with Crippen LogP contribution in [0.15, 0.2) is 64.6 Å². The van der Waals surface area contributed by atoms with Gasteiger partial charge in [0.05, 0.1) is 0 Å². The van der Waals surface area contributed by atoms with Crippen LogP contribution in [-0.4, -0.2) is 35.6 Å². The number of nitrogens with two attached hydrogens (primary N) is 2. The summed E-state index contributed by atoms with van der Waals surface area (Å²) in [4.78, 5) is 13.4. The molecule has 2 aliphatic heterocycles. The van der Waals surface area contributed by atoms with Crippen LogP contribution in [0.5, 0.6) is 0 Å². The first-order valence-electron chi connectivity index (χ1n) is 9.07. The van der Waals surface area contributed by atoms with E-state index >= 15 is 0 Å². The molecule has 1 fully saturated rings. The lowest BCUT2D eigenvalue weighted by molar-refractivity contribution is 0.148. The number of hydrogen-bond acceptors (Lipinski definition) is 6. The van der Waals surface area contributed by atoms with Crippen LogP contribution in [0.25, 0.3) is 0 Å². The lowest BCUT2D eigenvalue weighted by atomic mass is 9.95. The highest BCUT2D eigenvalue weighted by Crippen LogP contribution is 2.36.